The van der Waals surface area contributed by atoms with Crippen molar-refractivity contribution in [2.45, 2.75) is 19.9 Å². The van der Waals surface area contributed by atoms with Crippen molar-refractivity contribution in [3.05, 3.63) is 78.6 Å². The summed E-state index contributed by atoms with van der Waals surface area (Å²) in [5.74, 6) is 0.245. The molecule has 1 unspecified atom stereocenters. The smallest absolute Gasteiger partial charge is 0.115 e. The third-order valence-electron chi connectivity index (χ3n) is 2.80. The first-order chi connectivity index (χ1) is 9.12. The second-order valence-electron chi connectivity index (χ2n) is 4.20. The maximum absolute atomic E-state index is 9.60. The summed E-state index contributed by atoms with van der Waals surface area (Å²) in [6, 6.07) is 7.05. The van der Waals surface area contributed by atoms with E-state index in [0.29, 0.717) is 0 Å². The summed E-state index contributed by atoms with van der Waals surface area (Å²) in [6.07, 6.45) is 7.68. The lowest BCUT2D eigenvalue weighted by Crippen LogP contribution is -2.21. The Balaban J connectivity index is 3.09. The minimum atomic E-state index is -0.105. The van der Waals surface area contributed by atoms with Crippen LogP contribution in [0.5, 0.6) is 5.75 Å². The van der Waals surface area contributed by atoms with Gasteiger partial charge in [0.2, 0.25) is 0 Å². The Morgan fingerprint density at radius 3 is 2.63 bits per heavy atom. The van der Waals surface area contributed by atoms with Gasteiger partial charge in [0.1, 0.15) is 5.75 Å². The Kier molecular flexibility index (Phi) is 5.68. The molecule has 0 bridgehead atoms. The highest BCUT2D eigenvalue weighted by atomic mass is 16.3. The Bertz CT molecular complexity index is 512. The summed E-state index contributed by atoms with van der Waals surface area (Å²) in [4.78, 5) is 0. The van der Waals surface area contributed by atoms with Gasteiger partial charge in [0, 0.05) is 5.70 Å². The van der Waals surface area contributed by atoms with Gasteiger partial charge >= 0.3 is 0 Å². The summed E-state index contributed by atoms with van der Waals surface area (Å²) >= 11 is 0. The zero-order chi connectivity index (χ0) is 14.3. The van der Waals surface area contributed by atoms with Crippen molar-refractivity contribution in [2.24, 2.45) is 0 Å². The van der Waals surface area contributed by atoms with E-state index in [1.54, 1.807) is 18.2 Å². The molecule has 0 aliphatic heterocycles. The van der Waals surface area contributed by atoms with Gasteiger partial charge in [-0.2, -0.15) is 0 Å². The molecule has 2 heteroatoms. The Morgan fingerprint density at radius 2 is 2.11 bits per heavy atom. The standard InChI is InChI=1S/C17H21NO/c1-5-9-15(7-3)18-17(13(4)6-2)14-10-8-11-16(19)12-14/h5-12,17-19H,2,4H2,1,3H3/b9-5-,15-7+. The zero-order valence-electron chi connectivity index (χ0n) is 11.6. The zero-order valence-corrected chi connectivity index (χ0v) is 11.6. The van der Waals surface area contributed by atoms with Crippen LogP contribution in [-0.2, 0) is 0 Å². The van der Waals surface area contributed by atoms with Gasteiger partial charge in [0.05, 0.1) is 6.04 Å². The van der Waals surface area contributed by atoms with E-state index in [-0.39, 0.29) is 11.8 Å². The van der Waals surface area contributed by atoms with Gasteiger partial charge in [-0.1, -0.05) is 43.5 Å². The van der Waals surface area contributed by atoms with E-state index < -0.39 is 0 Å². The van der Waals surface area contributed by atoms with E-state index in [0.717, 1.165) is 16.8 Å². The molecule has 0 spiro atoms. The molecule has 0 aromatic heterocycles. The van der Waals surface area contributed by atoms with Crippen molar-refractivity contribution in [2.75, 3.05) is 0 Å². The Hall–Kier alpha value is -2.22. The highest BCUT2D eigenvalue weighted by Gasteiger charge is 2.13. The number of phenols is 1. The van der Waals surface area contributed by atoms with Crippen molar-refractivity contribution in [1.82, 2.24) is 5.32 Å². The number of aromatic hydroxyl groups is 1. The Labute approximate surface area is 115 Å². The van der Waals surface area contributed by atoms with Gasteiger partial charge in [-0.3, -0.25) is 0 Å². The van der Waals surface area contributed by atoms with Crippen molar-refractivity contribution in [3.63, 3.8) is 0 Å². The van der Waals surface area contributed by atoms with Crippen LogP contribution in [0.3, 0.4) is 0 Å². The molecule has 0 saturated carbocycles. The number of hydrogen-bond acceptors (Lipinski definition) is 2. The van der Waals surface area contributed by atoms with Crippen LogP contribution in [0.1, 0.15) is 25.5 Å². The number of allylic oxidation sites excluding steroid dienone is 3. The maximum atomic E-state index is 9.60. The largest absolute Gasteiger partial charge is 0.508 e. The van der Waals surface area contributed by atoms with Crippen LogP contribution in [-0.4, -0.2) is 5.11 Å². The van der Waals surface area contributed by atoms with E-state index in [1.807, 2.05) is 44.2 Å². The SMILES string of the molecule is C=CC(=C)C(NC(/C=C\C)=C/C)c1cccc(O)c1. The molecule has 0 amide bonds. The average Bonchev–Trinajstić information content (AvgIpc) is 2.42. The minimum absolute atomic E-state index is 0.105. The van der Waals surface area contributed by atoms with E-state index in [2.05, 4.69) is 18.5 Å². The van der Waals surface area contributed by atoms with Crippen LogP contribution in [0.15, 0.2) is 73.0 Å². The maximum Gasteiger partial charge on any atom is 0.115 e. The topological polar surface area (TPSA) is 32.3 Å². The van der Waals surface area contributed by atoms with Crippen LogP contribution in [0, 0.1) is 0 Å². The molecular weight excluding hydrogens is 234 g/mol. The van der Waals surface area contributed by atoms with Crippen molar-refractivity contribution in [1.29, 1.82) is 0 Å². The van der Waals surface area contributed by atoms with Crippen LogP contribution < -0.4 is 5.32 Å². The summed E-state index contributed by atoms with van der Waals surface area (Å²) in [6.45, 7) is 11.7. The van der Waals surface area contributed by atoms with E-state index in [4.69, 9.17) is 0 Å². The molecule has 0 fully saturated rings. The molecule has 2 N–H and O–H groups in total. The second-order valence-corrected chi connectivity index (χ2v) is 4.20. The lowest BCUT2D eigenvalue weighted by atomic mass is 9.99. The predicted molar refractivity (Wildman–Crippen MR) is 81.9 cm³/mol. The van der Waals surface area contributed by atoms with Gasteiger partial charge in [-0.25, -0.2) is 0 Å². The molecule has 1 rings (SSSR count). The number of hydrogen-bond donors (Lipinski definition) is 2. The van der Waals surface area contributed by atoms with Gasteiger partial charge in [0.15, 0.2) is 0 Å². The molecule has 0 aliphatic rings. The molecular formula is C17H21NO. The molecule has 1 aromatic rings. The lowest BCUT2D eigenvalue weighted by molar-refractivity contribution is 0.473. The van der Waals surface area contributed by atoms with Gasteiger partial charge in [-0.15, -0.1) is 0 Å². The van der Waals surface area contributed by atoms with Crippen LogP contribution in [0.25, 0.3) is 0 Å². The molecule has 2 nitrogen and oxygen atoms in total. The molecule has 0 radical (unpaired) electrons. The van der Waals surface area contributed by atoms with Crippen LogP contribution in [0.4, 0.5) is 0 Å². The molecule has 0 heterocycles. The molecule has 0 aliphatic carbocycles. The third-order valence-corrected chi connectivity index (χ3v) is 2.80. The molecule has 1 atom stereocenters. The Morgan fingerprint density at radius 1 is 1.37 bits per heavy atom. The summed E-state index contributed by atoms with van der Waals surface area (Å²) in [5, 5.41) is 13.0. The summed E-state index contributed by atoms with van der Waals surface area (Å²) in [5.41, 5.74) is 2.81. The fourth-order valence-electron chi connectivity index (χ4n) is 1.79. The van der Waals surface area contributed by atoms with Crippen molar-refractivity contribution < 1.29 is 5.11 Å². The quantitative estimate of drug-likeness (QED) is 0.745. The monoisotopic (exact) mass is 255 g/mol. The fraction of sp³-hybridized carbons (Fsp3) is 0.176. The number of benzene rings is 1. The van der Waals surface area contributed by atoms with Crippen LogP contribution >= 0.6 is 0 Å². The van der Waals surface area contributed by atoms with Crippen molar-refractivity contribution >= 4 is 0 Å². The second kappa shape index (κ2) is 7.27. The number of phenolic OH excluding ortho intramolecular Hbond substituents is 1. The first-order valence-electron chi connectivity index (χ1n) is 6.28. The first-order valence-corrected chi connectivity index (χ1v) is 6.28. The predicted octanol–water partition coefficient (Wildman–Crippen LogP) is 4.25. The first kappa shape index (κ1) is 14.8. The molecule has 19 heavy (non-hydrogen) atoms. The van der Waals surface area contributed by atoms with Gasteiger partial charge < -0.3 is 10.4 Å². The average molecular weight is 255 g/mol. The third kappa shape index (κ3) is 4.18. The van der Waals surface area contributed by atoms with E-state index in [9.17, 15) is 5.11 Å². The van der Waals surface area contributed by atoms with Crippen LogP contribution in [0.2, 0.25) is 0 Å². The highest BCUT2D eigenvalue weighted by Crippen LogP contribution is 2.25. The van der Waals surface area contributed by atoms with Crippen molar-refractivity contribution in [3.8, 4) is 5.75 Å². The number of nitrogens with one attached hydrogen (secondary N) is 1. The normalized spacial score (nSPS) is 13.3. The van der Waals surface area contributed by atoms with E-state index >= 15 is 0 Å². The molecule has 0 saturated heterocycles. The lowest BCUT2D eigenvalue weighted by Gasteiger charge is -2.21. The minimum Gasteiger partial charge on any atom is -0.508 e. The van der Waals surface area contributed by atoms with E-state index in [1.165, 1.54) is 0 Å². The molecule has 100 valence electrons. The summed E-state index contributed by atoms with van der Waals surface area (Å²) in [7, 11) is 0. The van der Waals surface area contributed by atoms with Gasteiger partial charge in [-0.05, 0) is 43.2 Å². The number of rotatable bonds is 6. The fourth-order valence-corrected chi connectivity index (χ4v) is 1.79. The highest BCUT2D eigenvalue weighted by molar-refractivity contribution is 5.38. The molecule has 1 aromatic carbocycles. The van der Waals surface area contributed by atoms with Gasteiger partial charge in [0.25, 0.3) is 0 Å². The summed E-state index contributed by atoms with van der Waals surface area (Å²) < 4.78 is 0.